The van der Waals surface area contributed by atoms with Gasteiger partial charge in [0.25, 0.3) is 0 Å². The van der Waals surface area contributed by atoms with Crippen LogP contribution in [-0.2, 0) is 11.2 Å². The Morgan fingerprint density at radius 1 is 1.00 bits per heavy atom. The Morgan fingerprint density at radius 3 is 2.58 bits per heavy atom. The van der Waals surface area contributed by atoms with Gasteiger partial charge < -0.3 is 10.1 Å². The van der Waals surface area contributed by atoms with E-state index in [1.54, 1.807) is 7.11 Å². The Hall–Kier alpha value is -0.860. The highest BCUT2D eigenvalue weighted by Crippen LogP contribution is 2.14. The van der Waals surface area contributed by atoms with E-state index < -0.39 is 0 Å². The summed E-state index contributed by atoms with van der Waals surface area (Å²) in [5, 5.41) is 3.39. The fourth-order valence-corrected chi connectivity index (χ4v) is 2.29. The summed E-state index contributed by atoms with van der Waals surface area (Å²) in [5.41, 5.74) is 4.34. The van der Waals surface area contributed by atoms with Crippen LogP contribution in [0.2, 0.25) is 0 Å². The number of rotatable bonds is 10. The summed E-state index contributed by atoms with van der Waals surface area (Å²) in [6, 6.07) is 6.77. The summed E-state index contributed by atoms with van der Waals surface area (Å²) in [7, 11) is 1.75. The molecule has 2 heteroatoms. The Bertz CT molecular complexity index is 349. The molecule has 0 aliphatic rings. The van der Waals surface area contributed by atoms with Gasteiger partial charge in [-0.25, -0.2) is 0 Å². The van der Waals surface area contributed by atoms with Gasteiger partial charge in [0.2, 0.25) is 0 Å². The molecule has 1 aromatic carbocycles. The molecule has 1 aromatic rings. The SMILES string of the molecule is COCCNCCCCCCc1cc(C)ccc1C. The standard InChI is InChI=1S/C17H29NO/c1-15-9-10-16(2)17(14-15)8-6-4-5-7-11-18-12-13-19-3/h9-10,14,18H,4-8,11-13H2,1-3H3. The molecule has 19 heavy (non-hydrogen) atoms. The zero-order chi connectivity index (χ0) is 13.9. The highest BCUT2D eigenvalue weighted by atomic mass is 16.5. The molecule has 1 rings (SSSR count). The zero-order valence-electron chi connectivity index (χ0n) is 12.8. The molecular formula is C17H29NO. The third-order valence-corrected chi connectivity index (χ3v) is 3.54. The smallest absolute Gasteiger partial charge is 0.0587 e. The molecule has 0 aromatic heterocycles. The first-order valence-electron chi connectivity index (χ1n) is 7.50. The predicted molar refractivity (Wildman–Crippen MR) is 82.8 cm³/mol. The van der Waals surface area contributed by atoms with E-state index in [9.17, 15) is 0 Å². The summed E-state index contributed by atoms with van der Waals surface area (Å²) in [4.78, 5) is 0. The van der Waals surface area contributed by atoms with Crippen LogP contribution < -0.4 is 5.32 Å². The molecule has 0 amide bonds. The maximum Gasteiger partial charge on any atom is 0.0587 e. The maximum atomic E-state index is 4.99. The minimum absolute atomic E-state index is 0.812. The van der Waals surface area contributed by atoms with Crippen molar-refractivity contribution in [2.75, 3.05) is 26.8 Å². The van der Waals surface area contributed by atoms with Crippen LogP contribution in [0.1, 0.15) is 42.4 Å². The lowest BCUT2D eigenvalue weighted by molar-refractivity contribution is 0.199. The van der Waals surface area contributed by atoms with Crippen molar-refractivity contribution in [2.24, 2.45) is 0 Å². The highest BCUT2D eigenvalue weighted by molar-refractivity contribution is 5.30. The largest absolute Gasteiger partial charge is 0.383 e. The molecule has 0 radical (unpaired) electrons. The van der Waals surface area contributed by atoms with Crippen LogP contribution in [0.15, 0.2) is 18.2 Å². The van der Waals surface area contributed by atoms with Crippen LogP contribution in [0, 0.1) is 13.8 Å². The monoisotopic (exact) mass is 263 g/mol. The Balaban J connectivity index is 2.03. The molecule has 2 nitrogen and oxygen atoms in total. The first-order valence-corrected chi connectivity index (χ1v) is 7.50. The summed E-state index contributed by atoms with van der Waals surface area (Å²) < 4.78 is 4.99. The van der Waals surface area contributed by atoms with E-state index in [-0.39, 0.29) is 0 Å². The second-order valence-electron chi connectivity index (χ2n) is 5.34. The molecule has 0 saturated heterocycles. The van der Waals surface area contributed by atoms with Gasteiger partial charge in [0, 0.05) is 13.7 Å². The fourth-order valence-electron chi connectivity index (χ4n) is 2.29. The van der Waals surface area contributed by atoms with E-state index in [0.29, 0.717) is 0 Å². The fraction of sp³-hybridized carbons (Fsp3) is 0.647. The number of ether oxygens (including phenoxy) is 1. The third kappa shape index (κ3) is 7.34. The maximum absolute atomic E-state index is 4.99. The molecule has 0 saturated carbocycles. The van der Waals surface area contributed by atoms with Crippen molar-refractivity contribution >= 4 is 0 Å². The number of benzene rings is 1. The lowest BCUT2D eigenvalue weighted by atomic mass is 10.00. The van der Waals surface area contributed by atoms with Gasteiger partial charge in [-0.05, 0) is 50.8 Å². The Kier molecular flexibility index (Phi) is 8.52. The van der Waals surface area contributed by atoms with E-state index in [2.05, 4.69) is 37.4 Å². The van der Waals surface area contributed by atoms with Crippen LogP contribution in [-0.4, -0.2) is 26.8 Å². The van der Waals surface area contributed by atoms with Gasteiger partial charge >= 0.3 is 0 Å². The molecular weight excluding hydrogens is 234 g/mol. The van der Waals surface area contributed by atoms with Crippen molar-refractivity contribution < 1.29 is 4.74 Å². The molecule has 0 spiro atoms. The van der Waals surface area contributed by atoms with Crippen molar-refractivity contribution in [2.45, 2.75) is 46.0 Å². The molecule has 0 unspecified atom stereocenters. The zero-order valence-corrected chi connectivity index (χ0v) is 12.8. The predicted octanol–water partition coefficient (Wildman–Crippen LogP) is 3.64. The molecule has 0 bridgehead atoms. The average Bonchev–Trinajstić information content (AvgIpc) is 2.40. The number of hydrogen-bond acceptors (Lipinski definition) is 2. The van der Waals surface area contributed by atoms with Gasteiger partial charge in [-0.15, -0.1) is 0 Å². The number of hydrogen-bond donors (Lipinski definition) is 1. The first kappa shape index (κ1) is 16.2. The van der Waals surface area contributed by atoms with E-state index in [4.69, 9.17) is 4.74 Å². The minimum Gasteiger partial charge on any atom is -0.383 e. The lowest BCUT2D eigenvalue weighted by Gasteiger charge is -2.07. The molecule has 0 fully saturated rings. The lowest BCUT2D eigenvalue weighted by Crippen LogP contribution is -2.20. The molecule has 0 atom stereocenters. The van der Waals surface area contributed by atoms with Gasteiger partial charge in [-0.2, -0.15) is 0 Å². The number of aryl methyl sites for hydroxylation is 3. The minimum atomic E-state index is 0.812. The van der Waals surface area contributed by atoms with Crippen LogP contribution in [0.4, 0.5) is 0 Å². The Labute approximate surface area is 118 Å². The van der Waals surface area contributed by atoms with Gasteiger partial charge in [0.1, 0.15) is 0 Å². The van der Waals surface area contributed by atoms with Gasteiger partial charge in [0.15, 0.2) is 0 Å². The number of nitrogens with one attached hydrogen (secondary N) is 1. The third-order valence-electron chi connectivity index (χ3n) is 3.54. The number of methoxy groups -OCH3 is 1. The van der Waals surface area contributed by atoms with Gasteiger partial charge in [-0.1, -0.05) is 36.6 Å². The quantitative estimate of drug-likeness (QED) is 0.651. The van der Waals surface area contributed by atoms with Crippen molar-refractivity contribution in [1.29, 1.82) is 0 Å². The van der Waals surface area contributed by atoms with Crippen LogP contribution in [0.5, 0.6) is 0 Å². The summed E-state index contributed by atoms with van der Waals surface area (Å²) >= 11 is 0. The average molecular weight is 263 g/mol. The van der Waals surface area contributed by atoms with E-state index >= 15 is 0 Å². The topological polar surface area (TPSA) is 21.3 Å². The summed E-state index contributed by atoms with van der Waals surface area (Å²) in [6.45, 7) is 7.29. The first-order chi connectivity index (χ1) is 9.24. The summed E-state index contributed by atoms with van der Waals surface area (Å²) in [6.07, 6.45) is 6.47. The van der Waals surface area contributed by atoms with Crippen LogP contribution in [0.25, 0.3) is 0 Å². The molecule has 108 valence electrons. The Morgan fingerprint density at radius 2 is 1.79 bits per heavy atom. The normalized spacial score (nSPS) is 10.9. The van der Waals surface area contributed by atoms with E-state index in [1.165, 1.54) is 48.8 Å². The highest BCUT2D eigenvalue weighted by Gasteiger charge is 1.99. The van der Waals surface area contributed by atoms with Crippen molar-refractivity contribution in [3.8, 4) is 0 Å². The molecule has 0 aliphatic heterocycles. The van der Waals surface area contributed by atoms with Gasteiger partial charge in [0.05, 0.1) is 6.61 Å². The van der Waals surface area contributed by atoms with Crippen molar-refractivity contribution in [3.05, 3.63) is 34.9 Å². The molecule has 0 aliphatic carbocycles. The van der Waals surface area contributed by atoms with Crippen molar-refractivity contribution in [3.63, 3.8) is 0 Å². The second-order valence-corrected chi connectivity index (χ2v) is 5.34. The number of unbranched alkanes of at least 4 members (excludes halogenated alkanes) is 3. The van der Waals surface area contributed by atoms with Crippen LogP contribution in [0.3, 0.4) is 0 Å². The molecule has 1 N–H and O–H groups in total. The van der Waals surface area contributed by atoms with Crippen LogP contribution >= 0.6 is 0 Å². The van der Waals surface area contributed by atoms with E-state index in [1.807, 2.05) is 0 Å². The van der Waals surface area contributed by atoms with Crippen molar-refractivity contribution in [1.82, 2.24) is 5.32 Å². The van der Waals surface area contributed by atoms with Gasteiger partial charge in [-0.3, -0.25) is 0 Å². The molecule has 0 heterocycles. The van der Waals surface area contributed by atoms with E-state index in [0.717, 1.165) is 19.7 Å². The summed E-state index contributed by atoms with van der Waals surface area (Å²) in [5.74, 6) is 0. The second kappa shape index (κ2) is 9.99.